The molecule has 4 aromatic heterocycles. The number of pyridine rings is 2. The normalized spacial score (nSPS) is 16.5. The fourth-order valence-corrected chi connectivity index (χ4v) is 5.76. The van der Waals surface area contributed by atoms with Crippen molar-refractivity contribution in [2.45, 2.75) is 25.8 Å². The summed E-state index contributed by atoms with van der Waals surface area (Å²) in [6.07, 6.45) is 16.7. The van der Waals surface area contributed by atoms with Gasteiger partial charge in [0.05, 0.1) is 36.2 Å². The SMILES string of the molecule is C#CC(=O)N1CCN(c2ccc(-c3cc(-c4cnn(C5CCN(COCC)CC5)c4)cn4ncc(C#N)c34)cn2)CC1. The molecule has 0 saturated carbocycles. The summed E-state index contributed by atoms with van der Waals surface area (Å²) in [7, 11) is 0. The molecule has 0 unspecified atom stereocenters. The molecule has 0 aromatic carbocycles. The molecule has 6 rings (SSSR count). The number of ether oxygens (including phenoxy) is 1. The van der Waals surface area contributed by atoms with Gasteiger partial charge in [-0.25, -0.2) is 9.50 Å². The first-order valence-corrected chi connectivity index (χ1v) is 14.3. The molecular weight excluding hydrogens is 530 g/mol. The van der Waals surface area contributed by atoms with E-state index in [0.29, 0.717) is 44.5 Å². The average molecular weight is 564 g/mol. The number of piperidine rings is 1. The largest absolute Gasteiger partial charge is 0.366 e. The third kappa shape index (κ3) is 5.45. The topological polar surface area (TPSA) is 108 Å². The number of hydrogen-bond donors (Lipinski definition) is 0. The average Bonchev–Trinajstić information content (AvgIpc) is 3.71. The molecule has 2 fully saturated rings. The van der Waals surface area contributed by atoms with Crippen molar-refractivity contribution in [3.05, 3.63) is 54.7 Å². The van der Waals surface area contributed by atoms with E-state index in [1.807, 2.05) is 37.6 Å². The Bertz CT molecular complexity index is 1640. The van der Waals surface area contributed by atoms with Gasteiger partial charge in [-0.15, -0.1) is 6.42 Å². The predicted molar refractivity (Wildman–Crippen MR) is 158 cm³/mol. The van der Waals surface area contributed by atoms with E-state index in [-0.39, 0.29) is 5.91 Å². The van der Waals surface area contributed by atoms with Gasteiger partial charge in [0.1, 0.15) is 11.9 Å². The van der Waals surface area contributed by atoms with Gasteiger partial charge in [0.15, 0.2) is 0 Å². The molecule has 1 amide bonds. The van der Waals surface area contributed by atoms with Crippen LogP contribution in [0.4, 0.5) is 5.82 Å². The molecule has 6 heterocycles. The second kappa shape index (κ2) is 12.0. The molecule has 0 aliphatic carbocycles. The number of nitrogens with zero attached hydrogens (tertiary/aromatic N) is 9. The van der Waals surface area contributed by atoms with Crippen LogP contribution in [0.5, 0.6) is 0 Å². The fourth-order valence-electron chi connectivity index (χ4n) is 5.76. The molecule has 0 spiro atoms. The highest BCUT2D eigenvalue weighted by atomic mass is 16.5. The Hall–Kier alpha value is -4.71. The van der Waals surface area contributed by atoms with Gasteiger partial charge in [-0.2, -0.15) is 15.5 Å². The monoisotopic (exact) mass is 563 g/mol. The van der Waals surface area contributed by atoms with Crippen molar-refractivity contribution >= 4 is 17.2 Å². The molecule has 0 atom stereocenters. The molecule has 0 radical (unpaired) electrons. The Kier molecular flexibility index (Phi) is 7.87. The number of carbonyl (C=O) groups excluding carboxylic acids is 1. The Labute approximate surface area is 244 Å². The smallest absolute Gasteiger partial charge is 0.298 e. The van der Waals surface area contributed by atoms with Crippen molar-refractivity contribution in [3.8, 4) is 40.7 Å². The molecule has 4 aromatic rings. The number of hydrogen-bond acceptors (Lipinski definition) is 8. The number of carbonyl (C=O) groups is 1. The second-order valence-corrected chi connectivity index (χ2v) is 10.6. The number of amides is 1. The standard InChI is InChI=1S/C31H33N9O2/c1-3-30(41)38-13-11-37(12-14-38)29-6-5-23(17-33-29)28-15-24(20-40-31(28)25(16-32)18-35-40)26-19-34-39(21-26)27-7-9-36(10-8-27)22-42-4-2/h1,5-6,15,17-21,27H,4,7-14,22H2,2H3. The van der Waals surface area contributed by atoms with E-state index in [1.54, 1.807) is 15.6 Å². The van der Waals surface area contributed by atoms with Crippen LogP contribution in [0.2, 0.25) is 0 Å². The minimum atomic E-state index is -0.274. The number of nitriles is 1. The summed E-state index contributed by atoms with van der Waals surface area (Å²) in [5.74, 6) is 2.75. The molecular formula is C31H33N9O2. The van der Waals surface area contributed by atoms with Crippen LogP contribution in [-0.4, -0.2) is 92.7 Å². The molecule has 11 heteroatoms. The minimum Gasteiger partial charge on any atom is -0.366 e. The van der Waals surface area contributed by atoms with Gasteiger partial charge in [-0.3, -0.25) is 14.4 Å². The number of anilines is 1. The maximum absolute atomic E-state index is 11.8. The van der Waals surface area contributed by atoms with Crippen LogP contribution in [0.3, 0.4) is 0 Å². The summed E-state index contributed by atoms with van der Waals surface area (Å²) in [6.45, 7) is 7.87. The summed E-state index contributed by atoms with van der Waals surface area (Å²) >= 11 is 0. The highest BCUT2D eigenvalue weighted by molar-refractivity contribution is 5.93. The number of piperazine rings is 1. The Morgan fingerprint density at radius 1 is 1.02 bits per heavy atom. The maximum Gasteiger partial charge on any atom is 0.298 e. The molecule has 42 heavy (non-hydrogen) atoms. The lowest BCUT2D eigenvalue weighted by Gasteiger charge is -2.34. The molecule has 0 bridgehead atoms. The van der Waals surface area contributed by atoms with E-state index >= 15 is 0 Å². The van der Waals surface area contributed by atoms with E-state index in [9.17, 15) is 10.1 Å². The zero-order valence-corrected chi connectivity index (χ0v) is 23.7. The Morgan fingerprint density at radius 3 is 2.52 bits per heavy atom. The molecule has 2 aliphatic rings. The molecule has 214 valence electrons. The summed E-state index contributed by atoms with van der Waals surface area (Å²) in [5.41, 5.74) is 4.96. The van der Waals surface area contributed by atoms with Crippen molar-refractivity contribution in [2.24, 2.45) is 0 Å². The third-order valence-electron chi connectivity index (χ3n) is 8.15. The van der Waals surface area contributed by atoms with E-state index in [0.717, 1.165) is 66.1 Å². The summed E-state index contributed by atoms with van der Waals surface area (Å²) in [6, 6.07) is 8.71. The van der Waals surface area contributed by atoms with E-state index in [2.05, 4.69) is 43.8 Å². The molecule has 11 nitrogen and oxygen atoms in total. The van der Waals surface area contributed by atoms with Crippen molar-refractivity contribution in [2.75, 3.05) is 57.5 Å². The molecule has 2 aliphatic heterocycles. The highest BCUT2D eigenvalue weighted by Gasteiger charge is 2.23. The van der Waals surface area contributed by atoms with Crippen LogP contribution in [-0.2, 0) is 9.53 Å². The van der Waals surface area contributed by atoms with Gasteiger partial charge in [0.25, 0.3) is 5.91 Å². The lowest BCUT2D eigenvalue weighted by molar-refractivity contribution is -0.125. The number of fused-ring (bicyclic) bond motifs is 1. The number of terminal acetylenes is 1. The minimum absolute atomic E-state index is 0.274. The summed E-state index contributed by atoms with van der Waals surface area (Å²) < 4.78 is 9.41. The first-order valence-electron chi connectivity index (χ1n) is 14.3. The van der Waals surface area contributed by atoms with E-state index in [4.69, 9.17) is 21.2 Å². The first kappa shape index (κ1) is 27.5. The van der Waals surface area contributed by atoms with Crippen molar-refractivity contribution in [3.63, 3.8) is 0 Å². The van der Waals surface area contributed by atoms with Crippen LogP contribution in [0.25, 0.3) is 27.8 Å². The summed E-state index contributed by atoms with van der Waals surface area (Å²) in [5, 5.41) is 19.0. The molecule has 2 saturated heterocycles. The number of rotatable bonds is 7. The predicted octanol–water partition coefficient (Wildman–Crippen LogP) is 3.04. The first-order chi connectivity index (χ1) is 20.6. The third-order valence-corrected chi connectivity index (χ3v) is 8.15. The van der Waals surface area contributed by atoms with Gasteiger partial charge < -0.3 is 14.5 Å². The Balaban J connectivity index is 1.24. The van der Waals surface area contributed by atoms with Crippen molar-refractivity contribution in [1.29, 1.82) is 5.26 Å². The number of aromatic nitrogens is 5. The van der Waals surface area contributed by atoms with Crippen LogP contribution < -0.4 is 4.90 Å². The highest BCUT2D eigenvalue weighted by Crippen LogP contribution is 2.33. The lowest BCUT2D eigenvalue weighted by atomic mass is 10.0. The quantitative estimate of drug-likeness (QED) is 0.316. The zero-order chi connectivity index (χ0) is 29.1. The second-order valence-electron chi connectivity index (χ2n) is 10.6. The summed E-state index contributed by atoms with van der Waals surface area (Å²) in [4.78, 5) is 22.7. The van der Waals surface area contributed by atoms with Crippen LogP contribution in [0.15, 0.2) is 49.2 Å². The van der Waals surface area contributed by atoms with Crippen LogP contribution in [0.1, 0.15) is 31.4 Å². The van der Waals surface area contributed by atoms with Gasteiger partial charge >= 0.3 is 0 Å². The lowest BCUT2D eigenvalue weighted by Crippen LogP contribution is -2.48. The number of likely N-dealkylation sites (tertiary alicyclic amines) is 1. The van der Waals surface area contributed by atoms with Gasteiger partial charge in [0.2, 0.25) is 0 Å². The fraction of sp³-hybridized carbons (Fsp3) is 0.387. The Morgan fingerprint density at radius 2 is 1.83 bits per heavy atom. The van der Waals surface area contributed by atoms with Gasteiger partial charge in [-0.1, -0.05) is 0 Å². The zero-order valence-electron chi connectivity index (χ0n) is 23.7. The van der Waals surface area contributed by atoms with E-state index < -0.39 is 0 Å². The van der Waals surface area contributed by atoms with Crippen LogP contribution in [0, 0.1) is 23.7 Å². The van der Waals surface area contributed by atoms with E-state index in [1.165, 1.54) is 0 Å². The van der Waals surface area contributed by atoms with Gasteiger partial charge in [0, 0.05) is 86.7 Å². The van der Waals surface area contributed by atoms with Crippen molar-refractivity contribution < 1.29 is 9.53 Å². The molecule has 0 N–H and O–H groups in total. The van der Waals surface area contributed by atoms with Crippen molar-refractivity contribution in [1.82, 2.24) is 34.2 Å². The maximum atomic E-state index is 11.8. The van der Waals surface area contributed by atoms with Crippen LogP contribution >= 0.6 is 0 Å². The van der Waals surface area contributed by atoms with Gasteiger partial charge in [-0.05, 0) is 43.9 Å².